The summed E-state index contributed by atoms with van der Waals surface area (Å²) >= 11 is 0. The lowest BCUT2D eigenvalue weighted by Gasteiger charge is -2.23. The van der Waals surface area contributed by atoms with Crippen LogP contribution in [0.3, 0.4) is 0 Å². The number of ether oxygens (including phenoxy) is 2. The Balaban J connectivity index is 2.77. The Hall–Kier alpha value is -1.62. The highest BCUT2D eigenvalue weighted by Gasteiger charge is 2.20. The minimum Gasteiger partial charge on any atom is -0.497 e. The highest BCUT2D eigenvalue weighted by Crippen LogP contribution is 2.23. The molecule has 0 N–H and O–H groups in total. The Morgan fingerprint density at radius 1 is 1.27 bits per heavy atom. The minimum atomic E-state index is -0.533. The minimum absolute atomic E-state index is 0.533. The molecule has 0 amide bonds. The van der Waals surface area contributed by atoms with Gasteiger partial charge in [-0.25, -0.2) is 0 Å². The molecule has 0 fully saturated rings. The van der Waals surface area contributed by atoms with Crippen molar-refractivity contribution in [2.45, 2.75) is 25.9 Å². The highest BCUT2D eigenvalue weighted by molar-refractivity contribution is 5.32. The van der Waals surface area contributed by atoms with Crippen LogP contribution in [0.1, 0.15) is 20.3 Å². The molecule has 1 aromatic rings. The van der Waals surface area contributed by atoms with Gasteiger partial charge in [0.25, 0.3) is 0 Å². The van der Waals surface area contributed by atoms with Crippen LogP contribution in [0.2, 0.25) is 0 Å². The van der Waals surface area contributed by atoms with E-state index < -0.39 is 5.60 Å². The van der Waals surface area contributed by atoms with Gasteiger partial charge in [-0.1, -0.05) is 12.8 Å². The number of hydrogen-bond acceptors (Lipinski definition) is 2. The number of rotatable bonds is 4. The van der Waals surface area contributed by atoms with E-state index >= 15 is 0 Å². The van der Waals surface area contributed by atoms with Gasteiger partial charge < -0.3 is 9.47 Å². The molecule has 1 atom stereocenters. The summed E-state index contributed by atoms with van der Waals surface area (Å²) in [7, 11) is 1.63. The molecule has 1 aromatic carbocycles. The van der Waals surface area contributed by atoms with Crippen molar-refractivity contribution in [2.24, 2.45) is 0 Å². The van der Waals surface area contributed by atoms with Crippen LogP contribution < -0.4 is 9.47 Å². The number of hydrogen-bond donors (Lipinski definition) is 0. The SMILES string of the molecule is C#CC(C)(CC)Oc1ccc(OC)cc1. The van der Waals surface area contributed by atoms with Crippen molar-refractivity contribution in [2.75, 3.05) is 7.11 Å². The standard InChI is InChI=1S/C13H16O2/c1-5-13(3,6-2)15-12-9-7-11(14-4)8-10-12/h1,7-10H,6H2,2-4H3. The Morgan fingerprint density at radius 3 is 2.20 bits per heavy atom. The molecule has 0 heterocycles. The third-order valence-electron chi connectivity index (χ3n) is 2.38. The van der Waals surface area contributed by atoms with Gasteiger partial charge in [-0.05, 0) is 37.6 Å². The summed E-state index contributed by atoms with van der Waals surface area (Å²) in [6.45, 7) is 3.90. The maximum absolute atomic E-state index is 5.71. The summed E-state index contributed by atoms with van der Waals surface area (Å²) < 4.78 is 10.8. The van der Waals surface area contributed by atoms with Crippen molar-refractivity contribution < 1.29 is 9.47 Å². The Bertz CT molecular complexity index is 348. The van der Waals surface area contributed by atoms with Crippen molar-refractivity contribution >= 4 is 0 Å². The summed E-state index contributed by atoms with van der Waals surface area (Å²) in [4.78, 5) is 0. The first-order valence-corrected chi connectivity index (χ1v) is 4.94. The summed E-state index contributed by atoms with van der Waals surface area (Å²) in [5, 5.41) is 0. The van der Waals surface area contributed by atoms with E-state index in [-0.39, 0.29) is 0 Å². The molecular formula is C13H16O2. The zero-order valence-electron chi connectivity index (χ0n) is 9.41. The lowest BCUT2D eigenvalue weighted by atomic mass is 10.1. The van der Waals surface area contributed by atoms with Gasteiger partial charge in [0.15, 0.2) is 5.60 Å². The number of methoxy groups -OCH3 is 1. The second kappa shape index (κ2) is 4.75. The molecule has 0 aliphatic rings. The predicted molar refractivity (Wildman–Crippen MR) is 61.2 cm³/mol. The molecule has 0 radical (unpaired) electrons. The van der Waals surface area contributed by atoms with Gasteiger partial charge in [-0.15, -0.1) is 6.42 Å². The molecule has 0 aliphatic carbocycles. The Kier molecular flexibility index (Phi) is 3.62. The summed E-state index contributed by atoms with van der Waals surface area (Å²) in [5.41, 5.74) is -0.533. The van der Waals surface area contributed by atoms with Crippen molar-refractivity contribution in [3.05, 3.63) is 24.3 Å². The maximum Gasteiger partial charge on any atom is 0.165 e. The van der Waals surface area contributed by atoms with Crippen molar-refractivity contribution in [3.8, 4) is 23.8 Å². The molecule has 0 aliphatic heterocycles. The summed E-state index contributed by atoms with van der Waals surface area (Å²) in [6, 6.07) is 7.40. The van der Waals surface area contributed by atoms with Gasteiger partial charge in [-0.2, -0.15) is 0 Å². The van der Waals surface area contributed by atoms with Crippen LogP contribution in [0.25, 0.3) is 0 Å². The van der Waals surface area contributed by atoms with Gasteiger partial charge in [0.1, 0.15) is 11.5 Å². The van der Waals surface area contributed by atoms with Crippen LogP contribution in [0.5, 0.6) is 11.5 Å². The molecule has 1 unspecified atom stereocenters. The normalized spacial score (nSPS) is 13.7. The van der Waals surface area contributed by atoms with E-state index in [0.717, 1.165) is 17.9 Å². The predicted octanol–water partition coefficient (Wildman–Crippen LogP) is 2.88. The summed E-state index contributed by atoms with van der Waals surface area (Å²) in [5.74, 6) is 4.22. The Labute approximate surface area is 91.2 Å². The van der Waals surface area contributed by atoms with Crippen LogP contribution in [0.15, 0.2) is 24.3 Å². The van der Waals surface area contributed by atoms with Crippen molar-refractivity contribution in [3.63, 3.8) is 0 Å². The lowest BCUT2D eigenvalue weighted by molar-refractivity contribution is 0.146. The maximum atomic E-state index is 5.71. The fourth-order valence-electron chi connectivity index (χ4n) is 1.11. The monoisotopic (exact) mass is 204 g/mol. The number of benzene rings is 1. The molecule has 2 heteroatoms. The quantitative estimate of drug-likeness (QED) is 0.702. The van der Waals surface area contributed by atoms with Crippen LogP contribution in [-0.4, -0.2) is 12.7 Å². The third kappa shape index (κ3) is 2.92. The molecule has 0 spiro atoms. The molecule has 1 rings (SSSR count). The second-order valence-electron chi connectivity index (χ2n) is 3.51. The zero-order chi connectivity index (χ0) is 11.3. The smallest absolute Gasteiger partial charge is 0.165 e. The number of terminal acetylenes is 1. The fraction of sp³-hybridized carbons (Fsp3) is 0.385. The van der Waals surface area contributed by atoms with Gasteiger partial charge >= 0.3 is 0 Å². The molecular weight excluding hydrogens is 188 g/mol. The van der Waals surface area contributed by atoms with Crippen LogP contribution in [-0.2, 0) is 0 Å². The fourth-order valence-corrected chi connectivity index (χ4v) is 1.11. The molecule has 2 nitrogen and oxygen atoms in total. The van der Waals surface area contributed by atoms with Crippen LogP contribution in [0, 0.1) is 12.3 Å². The first kappa shape index (κ1) is 11.5. The third-order valence-corrected chi connectivity index (χ3v) is 2.38. The van der Waals surface area contributed by atoms with Crippen LogP contribution >= 0.6 is 0 Å². The average molecular weight is 204 g/mol. The highest BCUT2D eigenvalue weighted by atomic mass is 16.5. The topological polar surface area (TPSA) is 18.5 Å². The molecule has 0 aromatic heterocycles. The average Bonchev–Trinajstić information content (AvgIpc) is 2.30. The molecule has 0 bridgehead atoms. The van der Waals surface area contributed by atoms with E-state index in [0.29, 0.717) is 0 Å². The molecule has 0 saturated heterocycles. The van der Waals surface area contributed by atoms with Gasteiger partial charge in [0, 0.05) is 0 Å². The van der Waals surface area contributed by atoms with Crippen molar-refractivity contribution in [1.29, 1.82) is 0 Å². The van der Waals surface area contributed by atoms with Crippen LogP contribution in [0.4, 0.5) is 0 Å². The van der Waals surface area contributed by atoms with E-state index in [2.05, 4.69) is 5.92 Å². The second-order valence-corrected chi connectivity index (χ2v) is 3.51. The van der Waals surface area contributed by atoms with Gasteiger partial charge in [0.05, 0.1) is 7.11 Å². The molecule has 0 saturated carbocycles. The Morgan fingerprint density at radius 2 is 1.80 bits per heavy atom. The molecule has 80 valence electrons. The largest absolute Gasteiger partial charge is 0.497 e. The van der Waals surface area contributed by atoms with Crippen molar-refractivity contribution in [1.82, 2.24) is 0 Å². The van der Waals surface area contributed by atoms with Gasteiger partial charge in [0.2, 0.25) is 0 Å². The first-order valence-electron chi connectivity index (χ1n) is 4.94. The lowest BCUT2D eigenvalue weighted by Crippen LogP contribution is -2.29. The van der Waals surface area contributed by atoms with Gasteiger partial charge in [-0.3, -0.25) is 0 Å². The first-order chi connectivity index (χ1) is 7.13. The van der Waals surface area contributed by atoms with E-state index in [1.807, 2.05) is 38.1 Å². The molecule has 15 heavy (non-hydrogen) atoms. The summed E-state index contributed by atoms with van der Waals surface area (Å²) in [6.07, 6.45) is 6.20. The van der Waals surface area contributed by atoms with E-state index in [1.54, 1.807) is 7.11 Å². The zero-order valence-corrected chi connectivity index (χ0v) is 9.41. The van der Waals surface area contributed by atoms with E-state index in [9.17, 15) is 0 Å². The van der Waals surface area contributed by atoms with E-state index in [1.165, 1.54) is 0 Å². The van der Waals surface area contributed by atoms with E-state index in [4.69, 9.17) is 15.9 Å².